The number of hydrogen-bond donors (Lipinski definition) is 3. The van der Waals surface area contributed by atoms with Crippen LogP contribution in [0.2, 0.25) is 0 Å². The van der Waals surface area contributed by atoms with Crippen LogP contribution in [0.25, 0.3) is 0 Å². The summed E-state index contributed by atoms with van der Waals surface area (Å²) in [5.41, 5.74) is 6.36. The average molecular weight is 352 g/mol. The molecule has 0 bridgehead atoms. The maximum absolute atomic E-state index is 11.8. The summed E-state index contributed by atoms with van der Waals surface area (Å²) in [6.45, 7) is 3.46. The topological polar surface area (TPSA) is 84.2 Å². The van der Waals surface area contributed by atoms with Crippen LogP contribution in [0.15, 0.2) is 22.7 Å². The van der Waals surface area contributed by atoms with Crippen LogP contribution < -0.4 is 15.2 Å². The number of benzene rings is 1. The van der Waals surface area contributed by atoms with E-state index in [-0.39, 0.29) is 11.0 Å². The Morgan fingerprint density at radius 1 is 1.44 bits per heavy atom. The van der Waals surface area contributed by atoms with Gasteiger partial charge < -0.3 is 5.73 Å². The van der Waals surface area contributed by atoms with Crippen LogP contribution >= 0.6 is 28.1 Å². The minimum absolute atomic E-state index is 0.129. The molecule has 1 aromatic carbocycles. The van der Waals surface area contributed by atoms with E-state index in [0.717, 1.165) is 4.47 Å². The van der Waals surface area contributed by atoms with Crippen LogP contribution in [-0.2, 0) is 10.2 Å². The fraction of sp³-hybridized carbons (Fsp3) is 0.300. The van der Waals surface area contributed by atoms with Crippen LogP contribution in [0.3, 0.4) is 0 Å². The molecule has 0 spiro atoms. The van der Waals surface area contributed by atoms with Gasteiger partial charge in [0.2, 0.25) is 0 Å². The molecule has 0 aliphatic carbocycles. The van der Waals surface area contributed by atoms with E-state index in [0.29, 0.717) is 11.3 Å². The van der Waals surface area contributed by atoms with Gasteiger partial charge in [-0.2, -0.15) is 13.1 Å². The summed E-state index contributed by atoms with van der Waals surface area (Å²) in [5, 5.41) is 0. The second-order valence-electron chi connectivity index (χ2n) is 3.93. The van der Waals surface area contributed by atoms with E-state index in [1.165, 1.54) is 0 Å². The summed E-state index contributed by atoms with van der Waals surface area (Å²) in [4.78, 5) is 0.129. The van der Waals surface area contributed by atoms with Crippen LogP contribution in [0, 0.1) is 0 Å². The molecule has 0 saturated carbocycles. The van der Waals surface area contributed by atoms with Crippen molar-refractivity contribution < 1.29 is 8.42 Å². The summed E-state index contributed by atoms with van der Waals surface area (Å²) in [6.07, 6.45) is 0. The molecule has 8 heteroatoms. The lowest BCUT2D eigenvalue weighted by molar-refractivity contribution is 0.575. The molecule has 0 amide bonds. The minimum atomic E-state index is -3.64. The largest absolute Gasteiger partial charge is 0.389 e. The Morgan fingerprint density at radius 3 is 2.56 bits per heavy atom. The number of halogens is 1. The average Bonchev–Trinajstić information content (AvgIpc) is 2.13. The number of hydrogen-bond acceptors (Lipinski definition) is 3. The van der Waals surface area contributed by atoms with Crippen molar-refractivity contribution in [1.82, 2.24) is 4.72 Å². The van der Waals surface area contributed by atoms with Crippen LogP contribution in [0.5, 0.6) is 0 Å². The van der Waals surface area contributed by atoms with Crippen molar-refractivity contribution in [3.63, 3.8) is 0 Å². The van der Waals surface area contributed by atoms with Gasteiger partial charge in [0.1, 0.15) is 4.99 Å². The Balaban J connectivity index is 3.10. The first-order valence-corrected chi connectivity index (χ1v) is 7.79. The molecule has 0 aliphatic heterocycles. The van der Waals surface area contributed by atoms with E-state index in [4.69, 9.17) is 18.0 Å². The van der Waals surface area contributed by atoms with Gasteiger partial charge in [0.05, 0.1) is 5.69 Å². The number of rotatable bonds is 5. The molecule has 0 aromatic heterocycles. The summed E-state index contributed by atoms with van der Waals surface area (Å²) < 4.78 is 29.1. The number of thiocarbonyl (C=S) groups is 1. The van der Waals surface area contributed by atoms with Gasteiger partial charge in [-0.15, -0.1) is 0 Å². The first-order chi connectivity index (χ1) is 8.21. The molecule has 0 fully saturated rings. The molecule has 1 rings (SSSR count). The smallest absolute Gasteiger partial charge is 0.299 e. The van der Waals surface area contributed by atoms with Gasteiger partial charge in [0.25, 0.3) is 10.2 Å². The maximum atomic E-state index is 11.8. The summed E-state index contributed by atoms with van der Waals surface area (Å²) in [7, 11) is -3.64. The van der Waals surface area contributed by atoms with Crippen LogP contribution in [-0.4, -0.2) is 19.4 Å². The fourth-order valence-corrected chi connectivity index (χ4v) is 2.98. The zero-order chi connectivity index (χ0) is 13.9. The van der Waals surface area contributed by atoms with Crippen molar-refractivity contribution >= 4 is 49.0 Å². The Bertz CT molecular complexity index is 558. The van der Waals surface area contributed by atoms with E-state index < -0.39 is 10.2 Å². The molecule has 0 unspecified atom stereocenters. The molecular formula is C10H14BrN3O2S2. The molecule has 0 radical (unpaired) electrons. The van der Waals surface area contributed by atoms with Crippen molar-refractivity contribution in [2.45, 2.75) is 19.9 Å². The van der Waals surface area contributed by atoms with Crippen molar-refractivity contribution in [3.8, 4) is 0 Å². The van der Waals surface area contributed by atoms with Gasteiger partial charge in [-0.25, -0.2) is 0 Å². The third kappa shape index (κ3) is 4.52. The van der Waals surface area contributed by atoms with Gasteiger partial charge in [0, 0.05) is 16.1 Å². The molecule has 0 atom stereocenters. The first-order valence-electron chi connectivity index (χ1n) is 5.10. The third-order valence-electron chi connectivity index (χ3n) is 1.88. The van der Waals surface area contributed by atoms with Crippen molar-refractivity contribution in [3.05, 3.63) is 28.2 Å². The third-order valence-corrected chi connectivity index (χ3v) is 3.87. The Labute approximate surface area is 120 Å². The van der Waals surface area contributed by atoms with Gasteiger partial charge >= 0.3 is 0 Å². The predicted octanol–water partition coefficient (Wildman–Crippen LogP) is 1.74. The van der Waals surface area contributed by atoms with E-state index in [1.807, 2.05) is 0 Å². The SMILES string of the molecule is CC(C)NS(=O)(=O)Nc1cc(Br)ccc1C(N)=S. The summed E-state index contributed by atoms with van der Waals surface area (Å²) in [6, 6.07) is 4.79. The standard InChI is InChI=1S/C10H14BrN3O2S2/c1-6(2)13-18(15,16)14-9-5-7(11)3-4-8(9)10(12)17/h3-6,13-14H,1-2H3,(H2,12,17). The summed E-state index contributed by atoms with van der Waals surface area (Å²) >= 11 is 8.14. The molecule has 0 aliphatic rings. The Morgan fingerprint density at radius 2 is 2.06 bits per heavy atom. The van der Waals surface area contributed by atoms with E-state index >= 15 is 0 Å². The van der Waals surface area contributed by atoms with Crippen molar-refractivity contribution in [2.24, 2.45) is 5.73 Å². The highest BCUT2D eigenvalue weighted by Gasteiger charge is 2.15. The predicted molar refractivity (Wildman–Crippen MR) is 80.8 cm³/mol. The molecule has 18 heavy (non-hydrogen) atoms. The minimum Gasteiger partial charge on any atom is -0.389 e. The van der Waals surface area contributed by atoms with Crippen LogP contribution in [0.4, 0.5) is 5.69 Å². The maximum Gasteiger partial charge on any atom is 0.299 e. The molecule has 1 aromatic rings. The van der Waals surface area contributed by atoms with Gasteiger partial charge in [-0.05, 0) is 32.0 Å². The van der Waals surface area contributed by atoms with Gasteiger partial charge in [0.15, 0.2) is 0 Å². The van der Waals surface area contributed by atoms with Gasteiger partial charge in [-0.3, -0.25) is 4.72 Å². The Hall–Kier alpha value is -0.700. The number of nitrogens with two attached hydrogens (primary N) is 1. The lowest BCUT2D eigenvalue weighted by Gasteiger charge is -2.14. The normalized spacial score (nSPS) is 11.6. The highest BCUT2D eigenvalue weighted by molar-refractivity contribution is 9.10. The lowest BCUT2D eigenvalue weighted by atomic mass is 10.2. The van der Waals surface area contributed by atoms with Crippen LogP contribution in [0.1, 0.15) is 19.4 Å². The zero-order valence-electron chi connectivity index (χ0n) is 9.90. The molecular weight excluding hydrogens is 338 g/mol. The second-order valence-corrected chi connectivity index (χ2v) is 6.73. The van der Waals surface area contributed by atoms with Crippen molar-refractivity contribution in [2.75, 3.05) is 4.72 Å². The molecule has 5 nitrogen and oxygen atoms in total. The van der Waals surface area contributed by atoms with Gasteiger partial charge in [-0.1, -0.05) is 28.1 Å². The van der Waals surface area contributed by atoms with E-state index in [9.17, 15) is 8.42 Å². The second kappa shape index (κ2) is 5.96. The highest BCUT2D eigenvalue weighted by Crippen LogP contribution is 2.22. The lowest BCUT2D eigenvalue weighted by Crippen LogP contribution is -2.35. The number of anilines is 1. The van der Waals surface area contributed by atoms with Crippen molar-refractivity contribution in [1.29, 1.82) is 0 Å². The van der Waals surface area contributed by atoms with E-state index in [2.05, 4.69) is 25.4 Å². The molecule has 4 N–H and O–H groups in total. The highest BCUT2D eigenvalue weighted by atomic mass is 79.9. The fourth-order valence-electron chi connectivity index (χ4n) is 1.30. The first kappa shape index (κ1) is 15.4. The quantitative estimate of drug-likeness (QED) is 0.705. The monoisotopic (exact) mass is 351 g/mol. The zero-order valence-corrected chi connectivity index (χ0v) is 13.1. The van der Waals surface area contributed by atoms with E-state index in [1.54, 1.807) is 32.0 Å². The molecule has 100 valence electrons. The molecule has 0 saturated heterocycles. The summed E-state index contributed by atoms with van der Waals surface area (Å²) in [5.74, 6) is 0. The number of nitrogens with one attached hydrogen (secondary N) is 2. The molecule has 0 heterocycles. The Kier molecular flexibility index (Phi) is 5.09.